The molecule has 0 radical (unpaired) electrons. The zero-order valence-corrected chi connectivity index (χ0v) is 14.3. The molecule has 1 aliphatic heterocycles. The van der Waals surface area contributed by atoms with Gasteiger partial charge in [-0.25, -0.2) is 9.97 Å². The van der Waals surface area contributed by atoms with Crippen molar-refractivity contribution in [3.8, 4) is 11.4 Å². The summed E-state index contributed by atoms with van der Waals surface area (Å²) in [4.78, 5) is 11.0. The first-order valence-electron chi connectivity index (χ1n) is 8.65. The number of halogens is 3. The molecule has 6 heteroatoms. The van der Waals surface area contributed by atoms with Gasteiger partial charge in [0.15, 0.2) is 5.82 Å². The molecule has 25 heavy (non-hydrogen) atoms. The Hall–Kier alpha value is -1.95. The van der Waals surface area contributed by atoms with Crippen molar-refractivity contribution in [3.05, 3.63) is 47.8 Å². The average molecular weight is 349 g/mol. The van der Waals surface area contributed by atoms with Crippen molar-refractivity contribution in [1.29, 1.82) is 0 Å². The minimum absolute atomic E-state index is 0.122. The monoisotopic (exact) mass is 349 g/mol. The summed E-state index contributed by atoms with van der Waals surface area (Å²) >= 11 is 0. The maximum absolute atomic E-state index is 12.4. The molecule has 3 nitrogen and oxygen atoms in total. The number of rotatable bonds is 5. The lowest BCUT2D eigenvalue weighted by molar-refractivity contribution is -0.134. The minimum atomic E-state index is -4.17. The summed E-state index contributed by atoms with van der Waals surface area (Å²) in [6.07, 6.45) is -1.16. The second-order valence-corrected chi connectivity index (χ2v) is 6.53. The fourth-order valence-electron chi connectivity index (χ4n) is 3.22. The van der Waals surface area contributed by atoms with Crippen LogP contribution in [0.2, 0.25) is 0 Å². The molecule has 1 aromatic heterocycles. The van der Waals surface area contributed by atoms with Crippen LogP contribution in [0.25, 0.3) is 11.4 Å². The van der Waals surface area contributed by atoms with Crippen LogP contribution in [0.5, 0.6) is 0 Å². The third-order valence-corrected chi connectivity index (χ3v) is 4.69. The standard InChI is InChI=1S/C19H22F3N3/c1-14(25-11-2-3-12-25)15-5-4-6-16(13-15)18-23-10-8-17(24-18)7-9-19(20,21)22/h4-6,8,10,13-14H,2-3,7,9,11-12H2,1H3. The SMILES string of the molecule is CC(c1cccc(-c2nccc(CCC(F)(F)F)n2)c1)N1CCCC1. The molecule has 1 aliphatic rings. The Balaban J connectivity index is 1.78. The molecule has 0 aliphatic carbocycles. The average Bonchev–Trinajstić information content (AvgIpc) is 3.14. The summed E-state index contributed by atoms with van der Waals surface area (Å²) in [6, 6.07) is 9.86. The van der Waals surface area contributed by atoms with Crippen LogP contribution in [-0.4, -0.2) is 34.1 Å². The van der Waals surface area contributed by atoms with E-state index >= 15 is 0 Å². The van der Waals surface area contributed by atoms with Gasteiger partial charge in [0.25, 0.3) is 0 Å². The third kappa shape index (κ3) is 4.78. The van der Waals surface area contributed by atoms with E-state index in [0.29, 0.717) is 17.6 Å². The molecule has 134 valence electrons. The molecule has 0 N–H and O–H groups in total. The van der Waals surface area contributed by atoms with Crippen LogP contribution in [0.15, 0.2) is 36.5 Å². The van der Waals surface area contributed by atoms with Gasteiger partial charge in [-0.05, 0) is 57.0 Å². The van der Waals surface area contributed by atoms with Crippen LogP contribution in [0, 0.1) is 0 Å². The molecule has 3 rings (SSSR count). The van der Waals surface area contributed by atoms with Crippen LogP contribution in [0.4, 0.5) is 13.2 Å². The number of hydrogen-bond acceptors (Lipinski definition) is 3. The van der Waals surface area contributed by atoms with E-state index in [9.17, 15) is 13.2 Å². The van der Waals surface area contributed by atoms with E-state index < -0.39 is 12.6 Å². The summed E-state index contributed by atoms with van der Waals surface area (Å²) in [5, 5.41) is 0. The van der Waals surface area contributed by atoms with Gasteiger partial charge in [-0.1, -0.05) is 18.2 Å². The number of aromatic nitrogens is 2. The Morgan fingerprint density at radius 3 is 2.64 bits per heavy atom. The molecule has 2 aromatic rings. The van der Waals surface area contributed by atoms with E-state index in [-0.39, 0.29) is 6.42 Å². The fourth-order valence-corrected chi connectivity index (χ4v) is 3.22. The maximum Gasteiger partial charge on any atom is 0.389 e. The van der Waals surface area contributed by atoms with Gasteiger partial charge in [-0.2, -0.15) is 13.2 Å². The smallest absolute Gasteiger partial charge is 0.297 e. The number of alkyl halides is 3. The van der Waals surface area contributed by atoms with Crippen molar-refractivity contribution < 1.29 is 13.2 Å². The Morgan fingerprint density at radius 1 is 1.16 bits per heavy atom. The van der Waals surface area contributed by atoms with Gasteiger partial charge >= 0.3 is 6.18 Å². The van der Waals surface area contributed by atoms with Crippen LogP contribution < -0.4 is 0 Å². The number of nitrogens with zero attached hydrogens (tertiary/aromatic N) is 3. The number of benzene rings is 1. The number of aryl methyl sites for hydroxylation is 1. The second-order valence-electron chi connectivity index (χ2n) is 6.53. The molecule has 1 atom stereocenters. The Morgan fingerprint density at radius 2 is 1.92 bits per heavy atom. The molecule has 1 fully saturated rings. The van der Waals surface area contributed by atoms with Crippen LogP contribution in [-0.2, 0) is 6.42 Å². The highest BCUT2D eigenvalue weighted by Gasteiger charge is 2.26. The van der Waals surface area contributed by atoms with E-state index in [1.807, 2.05) is 18.2 Å². The van der Waals surface area contributed by atoms with Gasteiger partial charge in [-0.3, -0.25) is 4.90 Å². The Bertz CT molecular complexity index is 709. The van der Waals surface area contributed by atoms with Crippen molar-refractivity contribution >= 4 is 0 Å². The highest BCUT2D eigenvalue weighted by molar-refractivity contribution is 5.56. The van der Waals surface area contributed by atoms with Crippen LogP contribution in [0.3, 0.4) is 0 Å². The molecule has 1 aromatic carbocycles. The van der Waals surface area contributed by atoms with Gasteiger partial charge in [0, 0.05) is 29.9 Å². The molecule has 1 saturated heterocycles. The predicted molar refractivity (Wildman–Crippen MR) is 91.1 cm³/mol. The van der Waals surface area contributed by atoms with Crippen LogP contribution in [0.1, 0.15) is 43.5 Å². The second kappa shape index (κ2) is 7.52. The maximum atomic E-state index is 12.4. The van der Waals surface area contributed by atoms with Crippen molar-refractivity contribution in [1.82, 2.24) is 14.9 Å². The quantitative estimate of drug-likeness (QED) is 0.777. The van der Waals surface area contributed by atoms with Crippen LogP contribution >= 0.6 is 0 Å². The summed E-state index contributed by atoms with van der Waals surface area (Å²) in [6.45, 7) is 4.40. The van der Waals surface area contributed by atoms with E-state index in [2.05, 4.69) is 27.9 Å². The highest BCUT2D eigenvalue weighted by atomic mass is 19.4. The minimum Gasteiger partial charge on any atom is -0.297 e. The van der Waals surface area contributed by atoms with Gasteiger partial charge in [0.05, 0.1) is 0 Å². The first-order valence-corrected chi connectivity index (χ1v) is 8.65. The molecule has 0 amide bonds. The molecule has 1 unspecified atom stereocenters. The van der Waals surface area contributed by atoms with Gasteiger partial charge in [-0.15, -0.1) is 0 Å². The van der Waals surface area contributed by atoms with Gasteiger partial charge in [0.1, 0.15) is 0 Å². The highest BCUT2D eigenvalue weighted by Crippen LogP contribution is 2.27. The van der Waals surface area contributed by atoms with E-state index in [1.54, 1.807) is 6.07 Å². The Kier molecular flexibility index (Phi) is 5.37. The number of likely N-dealkylation sites (tertiary alicyclic amines) is 1. The van der Waals surface area contributed by atoms with E-state index in [4.69, 9.17) is 0 Å². The summed E-state index contributed by atoms with van der Waals surface area (Å²) < 4.78 is 37.2. The molecule has 0 bridgehead atoms. The zero-order chi connectivity index (χ0) is 17.9. The lowest BCUT2D eigenvalue weighted by Crippen LogP contribution is -2.23. The number of hydrogen-bond donors (Lipinski definition) is 0. The van der Waals surface area contributed by atoms with Crippen molar-refractivity contribution in [2.75, 3.05) is 13.1 Å². The van der Waals surface area contributed by atoms with Crippen molar-refractivity contribution in [2.45, 2.75) is 44.8 Å². The fraction of sp³-hybridized carbons (Fsp3) is 0.474. The molecule has 0 spiro atoms. The van der Waals surface area contributed by atoms with E-state index in [1.165, 1.54) is 24.6 Å². The molecule has 2 heterocycles. The lowest BCUT2D eigenvalue weighted by atomic mass is 10.0. The molecule has 0 saturated carbocycles. The lowest BCUT2D eigenvalue weighted by Gasteiger charge is -2.24. The molecular weight excluding hydrogens is 327 g/mol. The largest absolute Gasteiger partial charge is 0.389 e. The van der Waals surface area contributed by atoms with Crippen molar-refractivity contribution in [2.24, 2.45) is 0 Å². The predicted octanol–water partition coefficient (Wildman–Crippen LogP) is 4.80. The third-order valence-electron chi connectivity index (χ3n) is 4.69. The summed E-state index contributed by atoms with van der Waals surface area (Å²) in [5.41, 5.74) is 2.45. The summed E-state index contributed by atoms with van der Waals surface area (Å²) in [5.74, 6) is 0.482. The topological polar surface area (TPSA) is 29.0 Å². The van der Waals surface area contributed by atoms with E-state index in [0.717, 1.165) is 18.7 Å². The first kappa shape index (κ1) is 17.9. The summed E-state index contributed by atoms with van der Waals surface area (Å²) in [7, 11) is 0. The zero-order valence-electron chi connectivity index (χ0n) is 14.3. The van der Waals surface area contributed by atoms with Gasteiger partial charge in [0.2, 0.25) is 0 Å². The normalized spacial score (nSPS) is 17.0. The van der Waals surface area contributed by atoms with Crippen molar-refractivity contribution in [3.63, 3.8) is 0 Å². The Labute approximate surface area is 145 Å². The molecular formula is C19H22F3N3. The van der Waals surface area contributed by atoms with Gasteiger partial charge < -0.3 is 0 Å². The first-order chi connectivity index (χ1) is 11.9.